The third kappa shape index (κ3) is 5.00. The zero-order valence-electron chi connectivity index (χ0n) is 15.7. The molecule has 29 heavy (non-hydrogen) atoms. The van der Waals surface area contributed by atoms with Gasteiger partial charge in [-0.2, -0.15) is 5.10 Å². The van der Waals surface area contributed by atoms with Crippen LogP contribution in [-0.2, 0) is 13.2 Å². The molecule has 0 amide bonds. The van der Waals surface area contributed by atoms with Crippen molar-refractivity contribution in [2.45, 2.75) is 13.2 Å². The lowest BCUT2D eigenvalue weighted by molar-refractivity contribution is 0.306. The van der Waals surface area contributed by atoms with E-state index < -0.39 is 0 Å². The highest BCUT2D eigenvalue weighted by atomic mass is 79.9. The highest BCUT2D eigenvalue weighted by Gasteiger charge is 2.05. The number of halogens is 1. The number of aromatic nitrogens is 2. The molecule has 1 heterocycles. The second kappa shape index (κ2) is 8.88. The molecule has 0 radical (unpaired) electrons. The van der Waals surface area contributed by atoms with Gasteiger partial charge in [0.25, 0.3) is 5.56 Å². The van der Waals surface area contributed by atoms with Crippen molar-refractivity contribution in [1.82, 2.24) is 9.78 Å². The number of nitrogens with zero attached hydrogens (tertiary/aromatic N) is 2. The molecule has 0 N–H and O–H groups in total. The van der Waals surface area contributed by atoms with Gasteiger partial charge in [-0.25, -0.2) is 4.68 Å². The standard InChI is InChI=1S/C24H19BrN2O2/c25-21-8-4-7-20(15-21)23-13-14-24(28)27(26-23)16-18-9-11-22(12-10-18)29-17-19-5-2-1-3-6-19/h1-15H,16-17H2. The molecule has 1 aromatic heterocycles. The minimum atomic E-state index is -0.131. The van der Waals surface area contributed by atoms with E-state index in [4.69, 9.17) is 4.74 Å². The van der Waals surface area contributed by atoms with Gasteiger partial charge in [0.2, 0.25) is 0 Å². The van der Waals surface area contributed by atoms with Gasteiger partial charge in [0.1, 0.15) is 12.4 Å². The van der Waals surface area contributed by atoms with Crippen molar-refractivity contribution < 1.29 is 4.74 Å². The van der Waals surface area contributed by atoms with Crippen LogP contribution in [-0.4, -0.2) is 9.78 Å². The quantitative estimate of drug-likeness (QED) is 0.403. The number of rotatable bonds is 6. The van der Waals surface area contributed by atoms with Crippen molar-refractivity contribution in [3.63, 3.8) is 0 Å². The molecule has 0 bridgehead atoms. The lowest BCUT2D eigenvalue weighted by Gasteiger charge is -2.09. The molecular weight excluding hydrogens is 428 g/mol. The van der Waals surface area contributed by atoms with Crippen molar-refractivity contribution in [3.05, 3.63) is 117 Å². The first kappa shape index (κ1) is 19.2. The molecule has 4 rings (SSSR count). The maximum Gasteiger partial charge on any atom is 0.267 e. The molecule has 0 aliphatic rings. The Morgan fingerprint density at radius 2 is 1.62 bits per heavy atom. The highest BCUT2D eigenvalue weighted by molar-refractivity contribution is 9.10. The molecule has 0 saturated heterocycles. The SMILES string of the molecule is O=c1ccc(-c2cccc(Br)c2)nn1Cc1ccc(OCc2ccccc2)cc1. The summed E-state index contributed by atoms with van der Waals surface area (Å²) in [5.74, 6) is 0.792. The number of benzene rings is 3. The summed E-state index contributed by atoms with van der Waals surface area (Å²) in [5.41, 5.74) is 3.69. The summed E-state index contributed by atoms with van der Waals surface area (Å²) in [5, 5.41) is 4.53. The van der Waals surface area contributed by atoms with Crippen LogP contribution in [0.1, 0.15) is 11.1 Å². The molecule has 0 fully saturated rings. The van der Waals surface area contributed by atoms with Gasteiger partial charge in [0.05, 0.1) is 12.2 Å². The molecule has 0 unspecified atom stereocenters. The summed E-state index contributed by atoms with van der Waals surface area (Å²) < 4.78 is 8.28. The van der Waals surface area contributed by atoms with Crippen LogP contribution in [0, 0.1) is 0 Å². The fourth-order valence-corrected chi connectivity index (χ4v) is 3.37. The number of hydrogen-bond donors (Lipinski definition) is 0. The number of ether oxygens (including phenoxy) is 1. The third-order valence-electron chi connectivity index (χ3n) is 4.49. The van der Waals surface area contributed by atoms with Crippen LogP contribution >= 0.6 is 15.9 Å². The zero-order chi connectivity index (χ0) is 20.1. The van der Waals surface area contributed by atoms with Crippen LogP contribution < -0.4 is 10.3 Å². The molecule has 5 heteroatoms. The lowest BCUT2D eigenvalue weighted by Crippen LogP contribution is -2.22. The Hall–Kier alpha value is -3.18. The van der Waals surface area contributed by atoms with Crippen molar-refractivity contribution in [2.24, 2.45) is 0 Å². The summed E-state index contributed by atoms with van der Waals surface area (Å²) in [6.07, 6.45) is 0. The molecule has 4 nitrogen and oxygen atoms in total. The monoisotopic (exact) mass is 446 g/mol. The van der Waals surface area contributed by atoms with Crippen molar-refractivity contribution >= 4 is 15.9 Å². The molecule has 0 aliphatic carbocycles. The third-order valence-corrected chi connectivity index (χ3v) is 4.98. The largest absolute Gasteiger partial charge is 0.489 e. The maximum atomic E-state index is 12.3. The second-order valence-electron chi connectivity index (χ2n) is 6.64. The lowest BCUT2D eigenvalue weighted by atomic mass is 10.1. The molecule has 4 aromatic rings. The van der Waals surface area contributed by atoms with E-state index >= 15 is 0 Å². The van der Waals surface area contributed by atoms with Gasteiger partial charge in [-0.15, -0.1) is 0 Å². The van der Waals surface area contributed by atoms with E-state index in [1.165, 1.54) is 4.68 Å². The molecule has 0 atom stereocenters. The fourth-order valence-electron chi connectivity index (χ4n) is 2.97. The Morgan fingerprint density at radius 1 is 0.828 bits per heavy atom. The summed E-state index contributed by atoms with van der Waals surface area (Å²) in [6, 6.07) is 29.0. The average molecular weight is 447 g/mol. The minimum Gasteiger partial charge on any atom is -0.489 e. The molecule has 144 valence electrons. The zero-order valence-corrected chi connectivity index (χ0v) is 17.2. The first-order valence-electron chi connectivity index (χ1n) is 9.27. The van der Waals surface area contributed by atoms with Crippen LogP contribution in [0.2, 0.25) is 0 Å². The Balaban J connectivity index is 1.47. The average Bonchev–Trinajstić information content (AvgIpc) is 2.75. The molecule has 0 saturated carbocycles. The van der Waals surface area contributed by atoms with E-state index in [1.54, 1.807) is 12.1 Å². The van der Waals surface area contributed by atoms with Gasteiger partial charge < -0.3 is 4.74 Å². The summed E-state index contributed by atoms with van der Waals surface area (Å²) in [6.45, 7) is 0.926. The second-order valence-corrected chi connectivity index (χ2v) is 7.56. The maximum absolute atomic E-state index is 12.3. The van der Waals surface area contributed by atoms with Crippen LogP contribution in [0.3, 0.4) is 0 Å². The molecule has 0 spiro atoms. The molecule has 3 aromatic carbocycles. The summed E-state index contributed by atoms with van der Waals surface area (Å²) >= 11 is 3.47. The van der Waals surface area contributed by atoms with Gasteiger partial charge in [0, 0.05) is 16.1 Å². The number of hydrogen-bond acceptors (Lipinski definition) is 3. The van der Waals surface area contributed by atoms with Crippen molar-refractivity contribution in [3.8, 4) is 17.0 Å². The van der Waals surface area contributed by atoms with Gasteiger partial charge >= 0.3 is 0 Å². The summed E-state index contributed by atoms with van der Waals surface area (Å²) in [4.78, 5) is 12.3. The summed E-state index contributed by atoms with van der Waals surface area (Å²) in [7, 11) is 0. The smallest absolute Gasteiger partial charge is 0.267 e. The minimum absolute atomic E-state index is 0.131. The highest BCUT2D eigenvalue weighted by Crippen LogP contribution is 2.20. The van der Waals surface area contributed by atoms with Crippen molar-refractivity contribution in [2.75, 3.05) is 0 Å². The van der Waals surface area contributed by atoms with Gasteiger partial charge in [-0.3, -0.25) is 4.79 Å². The van der Waals surface area contributed by atoms with E-state index in [9.17, 15) is 4.79 Å². The van der Waals surface area contributed by atoms with Crippen LogP contribution in [0.15, 0.2) is 100 Å². The van der Waals surface area contributed by atoms with E-state index in [2.05, 4.69) is 21.0 Å². The Morgan fingerprint density at radius 3 is 2.38 bits per heavy atom. The predicted octanol–water partition coefficient (Wildman–Crippen LogP) is 5.30. The van der Waals surface area contributed by atoms with Crippen LogP contribution in [0.5, 0.6) is 5.75 Å². The molecular formula is C24H19BrN2O2. The van der Waals surface area contributed by atoms with Crippen molar-refractivity contribution in [1.29, 1.82) is 0 Å². The first-order chi connectivity index (χ1) is 14.2. The van der Waals surface area contributed by atoms with Crippen LogP contribution in [0.25, 0.3) is 11.3 Å². The van der Waals surface area contributed by atoms with Gasteiger partial charge in [-0.05, 0) is 41.5 Å². The van der Waals surface area contributed by atoms with E-state index in [1.807, 2.05) is 78.9 Å². The first-order valence-corrected chi connectivity index (χ1v) is 10.1. The Bertz CT molecular complexity index is 1160. The van der Waals surface area contributed by atoms with Gasteiger partial charge in [0.15, 0.2) is 0 Å². The topological polar surface area (TPSA) is 44.1 Å². The molecule has 0 aliphatic heterocycles. The fraction of sp³-hybridized carbons (Fsp3) is 0.0833. The van der Waals surface area contributed by atoms with Crippen LogP contribution in [0.4, 0.5) is 0 Å². The van der Waals surface area contributed by atoms with E-state index in [0.29, 0.717) is 13.2 Å². The predicted molar refractivity (Wildman–Crippen MR) is 118 cm³/mol. The normalized spacial score (nSPS) is 10.7. The van der Waals surface area contributed by atoms with E-state index in [-0.39, 0.29) is 5.56 Å². The Labute approximate surface area is 177 Å². The van der Waals surface area contributed by atoms with Gasteiger partial charge in [-0.1, -0.05) is 70.5 Å². The Kier molecular flexibility index (Phi) is 5.86. The van der Waals surface area contributed by atoms with E-state index in [0.717, 1.165) is 32.6 Å².